The first kappa shape index (κ1) is 32.1. The molecule has 0 bridgehead atoms. The van der Waals surface area contributed by atoms with Crippen molar-refractivity contribution < 1.29 is 24.2 Å². The zero-order valence-electron chi connectivity index (χ0n) is 26.5. The van der Waals surface area contributed by atoms with E-state index < -0.39 is 0 Å². The van der Waals surface area contributed by atoms with Gasteiger partial charge in [-0.15, -0.1) is 0 Å². The van der Waals surface area contributed by atoms with Crippen LogP contribution < -0.4 is 9.47 Å². The number of carbonyl (C=O) groups excluding carboxylic acids is 2. The zero-order chi connectivity index (χ0) is 29.9. The number of ether oxygens (including phenoxy) is 2. The molecule has 4 fully saturated rings. The van der Waals surface area contributed by atoms with Gasteiger partial charge in [-0.2, -0.15) is 0 Å². The van der Waals surface area contributed by atoms with Gasteiger partial charge in [-0.25, -0.2) is 0 Å². The van der Waals surface area contributed by atoms with Crippen molar-refractivity contribution >= 4 is 11.8 Å². The predicted molar refractivity (Wildman–Crippen MR) is 169 cm³/mol. The van der Waals surface area contributed by atoms with Crippen molar-refractivity contribution in [2.45, 2.75) is 166 Å². The van der Waals surface area contributed by atoms with Crippen molar-refractivity contribution in [1.29, 1.82) is 0 Å². The number of aliphatic hydroxyl groups is 1. The summed E-state index contributed by atoms with van der Waals surface area (Å²) in [6, 6.07) is 6.55. The fourth-order valence-electron chi connectivity index (χ4n) is 8.34. The minimum Gasteiger partial charge on any atom is -0.480 e. The van der Waals surface area contributed by atoms with E-state index in [1.54, 1.807) is 18.2 Å². The Labute approximate surface area is 259 Å². The second-order valence-electron chi connectivity index (χ2n) is 13.6. The van der Waals surface area contributed by atoms with E-state index in [0.717, 1.165) is 51.4 Å². The lowest BCUT2D eigenvalue weighted by molar-refractivity contribution is -0.141. The van der Waals surface area contributed by atoms with E-state index in [9.17, 15) is 14.7 Å². The van der Waals surface area contributed by atoms with E-state index in [1.165, 1.54) is 83.5 Å². The van der Waals surface area contributed by atoms with Crippen molar-refractivity contribution in [3.8, 4) is 11.5 Å². The summed E-state index contributed by atoms with van der Waals surface area (Å²) in [5.74, 6) is 1.00. The maximum atomic E-state index is 13.8. The maximum Gasteiger partial charge on any atom is 0.261 e. The fraction of sp³-hybridized carbons (Fsp3) is 0.778. The summed E-state index contributed by atoms with van der Waals surface area (Å²) in [6.45, 7) is -0.217. The molecule has 0 aliphatic heterocycles. The molecule has 1 aromatic carbocycles. The Morgan fingerprint density at radius 2 is 0.907 bits per heavy atom. The first-order valence-corrected chi connectivity index (χ1v) is 17.8. The summed E-state index contributed by atoms with van der Waals surface area (Å²) in [6.07, 6.45) is 24.5. The second-order valence-corrected chi connectivity index (χ2v) is 13.6. The van der Waals surface area contributed by atoms with Gasteiger partial charge in [0, 0.05) is 24.2 Å². The first-order chi connectivity index (χ1) is 21.1. The average molecular weight is 597 g/mol. The van der Waals surface area contributed by atoms with Crippen LogP contribution in [-0.4, -0.2) is 64.1 Å². The molecule has 1 aromatic rings. The summed E-state index contributed by atoms with van der Waals surface area (Å²) in [5.41, 5.74) is 0.694. The highest BCUT2D eigenvalue weighted by Gasteiger charge is 2.34. The highest BCUT2D eigenvalue weighted by Crippen LogP contribution is 2.34. The molecule has 0 aromatic heterocycles. The minimum atomic E-state index is -0.128. The van der Waals surface area contributed by atoms with Crippen LogP contribution in [0.4, 0.5) is 0 Å². The third kappa shape index (κ3) is 8.89. The van der Waals surface area contributed by atoms with Crippen LogP contribution in [0.1, 0.15) is 140 Å². The van der Waals surface area contributed by atoms with Gasteiger partial charge in [0.1, 0.15) is 0 Å². The summed E-state index contributed by atoms with van der Waals surface area (Å²) in [7, 11) is 0. The SMILES string of the molecule is O=C(COc1ccc(CO)cc1OCC(=O)N(C1CCCCC1)C1CCCCC1)N(C1CCCCCC1)C1CCCCC1. The van der Waals surface area contributed by atoms with Gasteiger partial charge in [0.25, 0.3) is 11.8 Å². The van der Waals surface area contributed by atoms with Crippen molar-refractivity contribution in [3.05, 3.63) is 23.8 Å². The van der Waals surface area contributed by atoms with Crippen molar-refractivity contribution in [2.75, 3.05) is 13.2 Å². The standard InChI is InChI=1S/C36H56N2O5/c39-25-28-22-23-33(42-26-35(40)37(30-16-8-3-9-17-30)29-14-6-1-2-7-15-29)34(24-28)43-27-36(41)38(31-18-10-4-11-19-31)32-20-12-5-13-21-32/h22-24,29-32,39H,1-21,25-27H2. The molecule has 2 amide bonds. The van der Waals surface area contributed by atoms with Crippen LogP contribution in [0.15, 0.2) is 18.2 Å². The lowest BCUT2D eigenvalue weighted by Gasteiger charge is -2.41. The number of rotatable bonds is 11. The molecule has 0 unspecified atom stereocenters. The monoisotopic (exact) mass is 596 g/mol. The van der Waals surface area contributed by atoms with Crippen LogP contribution >= 0.6 is 0 Å². The molecule has 4 aliphatic rings. The molecule has 7 heteroatoms. The molecule has 7 nitrogen and oxygen atoms in total. The number of benzene rings is 1. The maximum absolute atomic E-state index is 13.8. The third-order valence-corrected chi connectivity index (χ3v) is 10.6. The Hall–Kier alpha value is -2.28. The summed E-state index contributed by atoms with van der Waals surface area (Å²) >= 11 is 0. The molecular formula is C36H56N2O5. The Morgan fingerprint density at radius 3 is 1.28 bits per heavy atom. The van der Waals surface area contributed by atoms with Crippen LogP contribution in [0.3, 0.4) is 0 Å². The minimum absolute atomic E-state index is 0.0357. The van der Waals surface area contributed by atoms with Gasteiger partial charge >= 0.3 is 0 Å². The van der Waals surface area contributed by atoms with Gasteiger partial charge in [-0.3, -0.25) is 9.59 Å². The Kier molecular flexibility index (Phi) is 12.5. The number of hydrogen-bond donors (Lipinski definition) is 1. The number of nitrogens with zero attached hydrogens (tertiary/aromatic N) is 2. The van der Waals surface area contributed by atoms with E-state index in [0.29, 0.717) is 41.2 Å². The van der Waals surface area contributed by atoms with Crippen LogP contribution in [0.25, 0.3) is 0 Å². The van der Waals surface area contributed by atoms with E-state index >= 15 is 0 Å². The largest absolute Gasteiger partial charge is 0.480 e. The van der Waals surface area contributed by atoms with Gasteiger partial charge in [-0.1, -0.05) is 89.5 Å². The highest BCUT2D eigenvalue weighted by molar-refractivity contribution is 5.79. The van der Waals surface area contributed by atoms with E-state index in [2.05, 4.69) is 9.80 Å². The second kappa shape index (κ2) is 16.7. The molecule has 0 radical (unpaired) electrons. The van der Waals surface area contributed by atoms with Crippen LogP contribution in [0.5, 0.6) is 11.5 Å². The topological polar surface area (TPSA) is 79.3 Å². The number of carbonyl (C=O) groups is 2. The molecule has 0 atom stereocenters. The van der Waals surface area contributed by atoms with Crippen molar-refractivity contribution in [3.63, 3.8) is 0 Å². The molecule has 4 saturated carbocycles. The Balaban J connectivity index is 1.26. The smallest absolute Gasteiger partial charge is 0.261 e. The number of amides is 2. The number of aliphatic hydroxyl groups excluding tert-OH is 1. The Morgan fingerprint density at radius 1 is 0.558 bits per heavy atom. The summed E-state index contributed by atoms with van der Waals surface area (Å²) in [5, 5.41) is 9.83. The third-order valence-electron chi connectivity index (χ3n) is 10.6. The van der Waals surface area contributed by atoms with E-state index in [4.69, 9.17) is 9.47 Å². The molecule has 0 saturated heterocycles. The summed E-state index contributed by atoms with van der Waals surface area (Å²) in [4.78, 5) is 32.0. The number of hydrogen-bond acceptors (Lipinski definition) is 5. The van der Waals surface area contributed by atoms with Gasteiger partial charge in [0.2, 0.25) is 0 Å². The lowest BCUT2D eigenvalue weighted by Crippen LogP contribution is -2.50. The van der Waals surface area contributed by atoms with E-state index in [1.807, 2.05) is 0 Å². The molecular weight excluding hydrogens is 540 g/mol. The molecule has 0 heterocycles. The lowest BCUT2D eigenvalue weighted by atomic mass is 9.88. The average Bonchev–Trinajstić information content (AvgIpc) is 3.34. The Bertz CT molecular complexity index is 987. The van der Waals surface area contributed by atoms with Crippen molar-refractivity contribution in [2.24, 2.45) is 0 Å². The zero-order valence-corrected chi connectivity index (χ0v) is 26.5. The van der Waals surface area contributed by atoms with Crippen LogP contribution in [0.2, 0.25) is 0 Å². The molecule has 1 N–H and O–H groups in total. The van der Waals surface area contributed by atoms with Crippen molar-refractivity contribution in [1.82, 2.24) is 9.80 Å². The predicted octanol–water partition coefficient (Wildman–Crippen LogP) is 7.31. The van der Waals surface area contributed by atoms with E-state index in [-0.39, 0.29) is 31.6 Å². The van der Waals surface area contributed by atoms with Gasteiger partial charge in [-0.05, 0) is 69.1 Å². The van der Waals surface area contributed by atoms with Gasteiger partial charge < -0.3 is 24.4 Å². The molecule has 43 heavy (non-hydrogen) atoms. The quantitative estimate of drug-likeness (QED) is 0.271. The normalized spacial score (nSPS) is 21.6. The molecule has 4 aliphatic carbocycles. The summed E-state index contributed by atoms with van der Waals surface area (Å²) < 4.78 is 12.4. The van der Waals surface area contributed by atoms with Crippen LogP contribution in [0, 0.1) is 0 Å². The first-order valence-electron chi connectivity index (χ1n) is 17.8. The van der Waals surface area contributed by atoms with Gasteiger partial charge in [0.15, 0.2) is 24.7 Å². The molecule has 0 spiro atoms. The van der Waals surface area contributed by atoms with Crippen LogP contribution in [-0.2, 0) is 16.2 Å². The molecule has 5 rings (SSSR count). The molecule has 240 valence electrons. The fourth-order valence-corrected chi connectivity index (χ4v) is 8.34. The highest BCUT2D eigenvalue weighted by atomic mass is 16.5. The van der Waals surface area contributed by atoms with Gasteiger partial charge in [0.05, 0.1) is 6.61 Å².